The highest BCUT2D eigenvalue weighted by molar-refractivity contribution is 5.90. The van der Waals surface area contributed by atoms with Gasteiger partial charge in [-0.1, -0.05) is 24.1 Å². The van der Waals surface area contributed by atoms with Gasteiger partial charge < -0.3 is 25.1 Å². The summed E-state index contributed by atoms with van der Waals surface area (Å²) in [5.74, 6) is 1.82. The molecule has 2 heterocycles. The fraction of sp³-hybridized carbons (Fsp3) is 0.478. The number of terminal acetylenes is 1. The van der Waals surface area contributed by atoms with Crippen molar-refractivity contribution in [2.24, 2.45) is 5.73 Å². The zero-order chi connectivity index (χ0) is 21.7. The average molecular weight is 412 g/mol. The average Bonchev–Trinajstić information content (AvgIpc) is 3.37. The van der Waals surface area contributed by atoms with Crippen molar-refractivity contribution in [3.05, 3.63) is 36.1 Å². The standard InChI is InChI=1S/C23H29N3O4/c1-4-12-29-16(3)21(25-22(27)15(2)24)23(28)26-11-7-8-18(26)13-17-14-30-20-10-6-5-9-19(17)20/h1,5-6,9-10,14-16,18,21H,7-8,11-13,24H2,2-3H3,(H,25,27)/t15-,16+,18-,21-/m0/s1. The highest BCUT2D eigenvalue weighted by atomic mass is 16.5. The fourth-order valence-electron chi connectivity index (χ4n) is 3.90. The van der Waals surface area contributed by atoms with Crippen LogP contribution in [0.2, 0.25) is 0 Å². The molecule has 3 N–H and O–H groups in total. The van der Waals surface area contributed by atoms with Crippen molar-refractivity contribution in [2.75, 3.05) is 13.2 Å². The monoisotopic (exact) mass is 411 g/mol. The van der Waals surface area contributed by atoms with E-state index in [1.54, 1.807) is 20.1 Å². The van der Waals surface area contributed by atoms with Crippen molar-refractivity contribution in [3.63, 3.8) is 0 Å². The second-order valence-electron chi connectivity index (χ2n) is 7.78. The Morgan fingerprint density at radius 2 is 2.17 bits per heavy atom. The van der Waals surface area contributed by atoms with Crippen LogP contribution in [0, 0.1) is 12.3 Å². The maximum atomic E-state index is 13.4. The first-order valence-electron chi connectivity index (χ1n) is 10.3. The first kappa shape index (κ1) is 21.9. The lowest BCUT2D eigenvalue weighted by molar-refractivity contribution is -0.141. The number of para-hydroxylation sites is 1. The molecule has 0 bridgehead atoms. The van der Waals surface area contributed by atoms with Gasteiger partial charge in [0.1, 0.15) is 18.2 Å². The summed E-state index contributed by atoms with van der Waals surface area (Å²) in [4.78, 5) is 27.5. The van der Waals surface area contributed by atoms with E-state index in [9.17, 15) is 9.59 Å². The van der Waals surface area contributed by atoms with Crippen LogP contribution >= 0.6 is 0 Å². The summed E-state index contributed by atoms with van der Waals surface area (Å²) < 4.78 is 11.2. The van der Waals surface area contributed by atoms with Crippen LogP contribution in [-0.2, 0) is 20.7 Å². The third-order valence-corrected chi connectivity index (χ3v) is 5.55. The third-order valence-electron chi connectivity index (χ3n) is 5.55. The van der Waals surface area contributed by atoms with Crippen molar-refractivity contribution >= 4 is 22.8 Å². The molecule has 7 heteroatoms. The lowest BCUT2D eigenvalue weighted by atomic mass is 10.0. The predicted octanol–water partition coefficient (Wildman–Crippen LogP) is 1.84. The van der Waals surface area contributed by atoms with Gasteiger partial charge in [-0.2, -0.15) is 0 Å². The minimum Gasteiger partial charge on any atom is -0.464 e. The highest BCUT2D eigenvalue weighted by Crippen LogP contribution is 2.27. The maximum Gasteiger partial charge on any atom is 0.248 e. The Hall–Kier alpha value is -2.82. The Kier molecular flexibility index (Phi) is 7.14. The number of nitrogens with zero attached hydrogens (tertiary/aromatic N) is 1. The molecule has 0 aliphatic carbocycles. The topological polar surface area (TPSA) is 97.8 Å². The summed E-state index contributed by atoms with van der Waals surface area (Å²) >= 11 is 0. The second kappa shape index (κ2) is 9.79. The number of amides is 2. The minimum atomic E-state index is -0.849. The molecule has 1 aromatic carbocycles. The van der Waals surface area contributed by atoms with Crippen LogP contribution in [0.3, 0.4) is 0 Å². The van der Waals surface area contributed by atoms with Gasteiger partial charge in [-0.3, -0.25) is 9.59 Å². The molecular weight excluding hydrogens is 382 g/mol. The number of nitrogens with one attached hydrogen (secondary N) is 1. The van der Waals surface area contributed by atoms with Crippen molar-refractivity contribution in [2.45, 2.75) is 57.3 Å². The van der Waals surface area contributed by atoms with Gasteiger partial charge in [0.15, 0.2) is 0 Å². The Labute approximate surface area is 176 Å². The fourth-order valence-corrected chi connectivity index (χ4v) is 3.90. The number of fused-ring (bicyclic) bond motifs is 1. The van der Waals surface area contributed by atoms with Crippen LogP contribution in [0.4, 0.5) is 0 Å². The molecule has 3 rings (SSSR count). The van der Waals surface area contributed by atoms with E-state index in [0.717, 1.165) is 29.4 Å². The van der Waals surface area contributed by atoms with Gasteiger partial charge in [-0.15, -0.1) is 6.42 Å². The normalized spacial score (nSPS) is 19.3. The van der Waals surface area contributed by atoms with Gasteiger partial charge in [0.05, 0.1) is 18.4 Å². The van der Waals surface area contributed by atoms with Crippen molar-refractivity contribution in [1.29, 1.82) is 0 Å². The van der Waals surface area contributed by atoms with Crippen LogP contribution in [0.15, 0.2) is 34.9 Å². The number of carbonyl (C=O) groups is 2. The second-order valence-corrected chi connectivity index (χ2v) is 7.78. The summed E-state index contributed by atoms with van der Waals surface area (Å²) in [6, 6.07) is 6.31. The molecule has 0 radical (unpaired) electrons. The van der Waals surface area contributed by atoms with E-state index in [4.69, 9.17) is 21.3 Å². The van der Waals surface area contributed by atoms with Crippen molar-refractivity contribution in [3.8, 4) is 12.3 Å². The molecule has 0 saturated carbocycles. The number of ether oxygens (including phenoxy) is 1. The highest BCUT2D eigenvalue weighted by Gasteiger charge is 2.37. The minimum absolute atomic E-state index is 0.0213. The Balaban J connectivity index is 1.78. The number of furan rings is 1. The molecule has 0 unspecified atom stereocenters. The molecule has 1 aromatic heterocycles. The van der Waals surface area contributed by atoms with Crippen molar-refractivity contribution in [1.82, 2.24) is 10.2 Å². The molecule has 160 valence electrons. The van der Waals surface area contributed by atoms with Gasteiger partial charge in [-0.25, -0.2) is 0 Å². The van der Waals surface area contributed by atoms with Gasteiger partial charge in [0, 0.05) is 23.5 Å². The summed E-state index contributed by atoms with van der Waals surface area (Å²) in [7, 11) is 0. The molecule has 4 atom stereocenters. The molecule has 2 amide bonds. The largest absolute Gasteiger partial charge is 0.464 e. The van der Waals surface area contributed by atoms with Crippen molar-refractivity contribution < 1.29 is 18.7 Å². The van der Waals surface area contributed by atoms with Crippen LogP contribution in [-0.4, -0.2) is 54.1 Å². The van der Waals surface area contributed by atoms with Gasteiger partial charge in [-0.05, 0) is 39.2 Å². The van der Waals surface area contributed by atoms with Crippen LogP contribution < -0.4 is 11.1 Å². The molecule has 1 fully saturated rings. The molecule has 1 aliphatic heterocycles. The molecule has 7 nitrogen and oxygen atoms in total. The number of hydrogen-bond acceptors (Lipinski definition) is 5. The number of hydrogen-bond donors (Lipinski definition) is 2. The first-order chi connectivity index (χ1) is 14.4. The lowest BCUT2D eigenvalue weighted by Crippen LogP contribution is -2.57. The zero-order valence-electron chi connectivity index (χ0n) is 17.5. The van der Waals surface area contributed by atoms with E-state index in [-0.39, 0.29) is 18.6 Å². The number of benzene rings is 1. The van der Waals surface area contributed by atoms with E-state index >= 15 is 0 Å². The molecule has 30 heavy (non-hydrogen) atoms. The Morgan fingerprint density at radius 3 is 2.90 bits per heavy atom. The maximum absolute atomic E-state index is 13.4. The third kappa shape index (κ3) is 4.84. The quantitative estimate of drug-likeness (QED) is 0.646. The number of nitrogens with two attached hydrogens (primary N) is 1. The molecular formula is C23H29N3O4. The predicted molar refractivity (Wildman–Crippen MR) is 114 cm³/mol. The molecule has 2 aromatic rings. The number of rotatable bonds is 8. The van der Waals surface area contributed by atoms with Crippen LogP contribution in [0.5, 0.6) is 0 Å². The van der Waals surface area contributed by atoms with E-state index in [2.05, 4.69) is 11.2 Å². The summed E-state index contributed by atoms with van der Waals surface area (Å²) in [6.07, 6.45) is 8.95. The first-order valence-corrected chi connectivity index (χ1v) is 10.3. The lowest BCUT2D eigenvalue weighted by Gasteiger charge is -2.32. The number of likely N-dealkylation sites (tertiary alicyclic amines) is 1. The van der Waals surface area contributed by atoms with E-state index in [1.807, 2.05) is 29.2 Å². The summed E-state index contributed by atoms with van der Waals surface area (Å²) in [5.41, 5.74) is 7.60. The number of carbonyl (C=O) groups excluding carboxylic acids is 2. The van der Waals surface area contributed by atoms with Crippen LogP contribution in [0.1, 0.15) is 32.3 Å². The summed E-state index contributed by atoms with van der Waals surface area (Å²) in [6.45, 7) is 4.00. The van der Waals surface area contributed by atoms with E-state index in [1.165, 1.54) is 0 Å². The molecule has 1 aliphatic rings. The van der Waals surface area contributed by atoms with Gasteiger partial charge >= 0.3 is 0 Å². The van der Waals surface area contributed by atoms with Crippen LogP contribution in [0.25, 0.3) is 11.0 Å². The van der Waals surface area contributed by atoms with E-state index < -0.39 is 24.1 Å². The Morgan fingerprint density at radius 1 is 1.40 bits per heavy atom. The molecule has 1 saturated heterocycles. The molecule has 0 spiro atoms. The zero-order valence-corrected chi connectivity index (χ0v) is 17.5. The van der Waals surface area contributed by atoms with Gasteiger partial charge in [0.2, 0.25) is 11.8 Å². The Bertz CT molecular complexity index is 930. The van der Waals surface area contributed by atoms with E-state index in [0.29, 0.717) is 13.0 Å². The van der Waals surface area contributed by atoms with Gasteiger partial charge in [0.25, 0.3) is 0 Å². The SMILES string of the molecule is C#CCO[C@H](C)[C@H](NC(=O)[C@H](C)N)C(=O)N1CCC[C@H]1Cc1coc2ccccc12. The summed E-state index contributed by atoms with van der Waals surface area (Å²) in [5, 5.41) is 3.80. The smallest absolute Gasteiger partial charge is 0.248 e.